The highest BCUT2D eigenvalue weighted by Crippen LogP contribution is 1.94. The van der Waals surface area contributed by atoms with Crippen LogP contribution in [0.1, 0.15) is 6.42 Å². The Morgan fingerprint density at radius 3 is 2.75 bits per heavy atom. The van der Waals surface area contributed by atoms with E-state index >= 15 is 0 Å². The molecule has 1 saturated heterocycles. The minimum absolute atomic E-state index is 0.0453. The molecular formula is C6H9N3O3. The lowest BCUT2D eigenvalue weighted by Gasteiger charge is -2.20. The van der Waals surface area contributed by atoms with E-state index in [9.17, 15) is 14.4 Å². The van der Waals surface area contributed by atoms with Crippen LogP contribution in [-0.4, -0.2) is 30.3 Å². The van der Waals surface area contributed by atoms with Gasteiger partial charge in [-0.2, -0.15) is 0 Å². The van der Waals surface area contributed by atoms with Gasteiger partial charge in [-0.1, -0.05) is 0 Å². The number of primary amides is 1. The van der Waals surface area contributed by atoms with Crippen molar-refractivity contribution in [1.29, 1.82) is 0 Å². The van der Waals surface area contributed by atoms with E-state index in [0.717, 1.165) is 0 Å². The zero-order valence-electron chi connectivity index (χ0n) is 6.29. The number of hydrogen-bond acceptors (Lipinski definition) is 4. The number of carbonyl (C=O) groups is 3. The molecule has 1 heterocycles. The standard InChI is InChI=1S/C6H9N3O3/c7-4(10)1-3-6(12)9-5(11)2-8-3/h3,8H,1-2H2,(H2,7,10)(H,9,11,12). The second kappa shape index (κ2) is 3.31. The second-order valence-electron chi connectivity index (χ2n) is 2.52. The minimum Gasteiger partial charge on any atom is -0.370 e. The number of rotatable bonds is 2. The Morgan fingerprint density at radius 1 is 1.58 bits per heavy atom. The van der Waals surface area contributed by atoms with E-state index in [4.69, 9.17) is 5.73 Å². The van der Waals surface area contributed by atoms with Crippen molar-refractivity contribution in [3.63, 3.8) is 0 Å². The fraction of sp³-hybridized carbons (Fsp3) is 0.500. The van der Waals surface area contributed by atoms with E-state index in [1.54, 1.807) is 0 Å². The summed E-state index contributed by atoms with van der Waals surface area (Å²) in [6.45, 7) is 0.0453. The van der Waals surface area contributed by atoms with Gasteiger partial charge in [0, 0.05) is 0 Å². The number of amides is 3. The molecule has 6 heteroatoms. The van der Waals surface area contributed by atoms with E-state index < -0.39 is 17.9 Å². The highest BCUT2D eigenvalue weighted by Gasteiger charge is 2.26. The van der Waals surface area contributed by atoms with Gasteiger partial charge in [0.05, 0.1) is 19.0 Å². The molecule has 1 aliphatic heterocycles. The lowest BCUT2D eigenvalue weighted by Crippen LogP contribution is -2.56. The first kappa shape index (κ1) is 8.66. The van der Waals surface area contributed by atoms with E-state index in [-0.39, 0.29) is 18.9 Å². The van der Waals surface area contributed by atoms with Gasteiger partial charge in [0.1, 0.15) is 0 Å². The van der Waals surface area contributed by atoms with Crippen LogP contribution in [0.2, 0.25) is 0 Å². The third kappa shape index (κ3) is 2.03. The average Bonchev–Trinajstić information content (AvgIpc) is 1.94. The molecule has 66 valence electrons. The summed E-state index contributed by atoms with van der Waals surface area (Å²) in [6.07, 6.45) is -0.0842. The van der Waals surface area contributed by atoms with Gasteiger partial charge < -0.3 is 5.73 Å². The average molecular weight is 171 g/mol. The SMILES string of the molecule is NC(=O)CC1NCC(=O)NC1=O. The van der Waals surface area contributed by atoms with Crippen molar-refractivity contribution in [2.75, 3.05) is 6.54 Å². The number of carbonyl (C=O) groups excluding carboxylic acids is 3. The summed E-state index contributed by atoms with van der Waals surface area (Å²) in [4.78, 5) is 31.9. The third-order valence-corrected chi connectivity index (χ3v) is 1.49. The molecule has 0 aliphatic carbocycles. The Morgan fingerprint density at radius 2 is 2.25 bits per heavy atom. The van der Waals surface area contributed by atoms with Crippen LogP contribution >= 0.6 is 0 Å². The second-order valence-corrected chi connectivity index (χ2v) is 2.52. The highest BCUT2D eigenvalue weighted by molar-refractivity contribution is 6.02. The molecule has 6 nitrogen and oxygen atoms in total. The van der Waals surface area contributed by atoms with Gasteiger partial charge in [-0.25, -0.2) is 0 Å². The van der Waals surface area contributed by atoms with Crippen molar-refractivity contribution in [2.24, 2.45) is 5.73 Å². The predicted molar refractivity (Wildman–Crippen MR) is 38.8 cm³/mol. The lowest BCUT2D eigenvalue weighted by molar-refractivity contribution is -0.136. The van der Waals surface area contributed by atoms with Gasteiger partial charge in [-0.15, -0.1) is 0 Å². The van der Waals surface area contributed by atoms with Crippen LogP contribution in [0.4, 0.5) is 0 Å². The van der Waals surface area contributed by atoms with Crippen molar-refractivity contribution in [2.45, 2.75) is 12.5 Å². The van der Waals surface area contributed by atoms with E-state index in [2.05, 4.69) is 10.6 Å². The first-order valence-electron chi connectivity index (χ1n) is 3.45. The summed E-state index contributed by atoms with van der Waals surface area (Å²) in [5.74, 6) is -1.46. The first-order chi connectivity index (χ1) is 5.59. The van der Waals surface area contributed by atoms with Crippen molar-refractivity contribution in [1.82, 2.24) is 10.6 Å². The van der Waals surface area contributed by atoms with Crippen molar-refractivity contribution in [3.05, 3.63) is 0 Å². The lowest BCUT2D eigenvalue weighted by atomic mass is 10.1. The summed E-state index contributed by atoms with van der Waals surface area (Å²) in [5, 5.41) is 4.67. The molecule has 1 rings (SSSR count). The van der Waals surface area contributed by atoms with E-state index in [1.165, 1.54) is 0 Å². The number of imide groups is 1. The molecule has 0 saturated carbocycles. The minimum atomic E-state index is -0.666. The zero-order valence-corrected chi connectivity index (χ0v) is 6.29. The van der Waals surface area contributed by atoms with Gasteiger partial charge in [-0.3, -0.25) is 25.0 Å². The van der Waals surface area contributed by atoms with Crippen LogP contribution in [0.25, 0.3) is 0 Å². The molecule has 0 radical (unpaired) electrons. The molecule has 0 aromatic heterocycles. The molecule has 1 aliphatic rings. The monoisotopic (exact) mass is 171 g/mol. The Labute approximate surface area is 68.5 Å². The number of hydrogen-bond donors (Lipinski definition) is 3. The van der Waals surface area contributed by atoms with Gasteiger partial charge in [-0.05, 0) is 0 Å². The number of piperazine rings is 1. The molecular weight excluding hydrogens is 162 g/mol. The summed E-state index contributed by atoms with van der Waals surface area (Å²) >= 11 is 0. The summed E-state index contributed by atoms with van der Waals surface area (Å²) in [7, 11) is 0. The summed E-state index contributed by atoms with van der Waals surface area (Å²) in [6, 6.07) is -0.666. The smallest absolute Gasteiger partial charge is 0.244 e. The van der Waals surface area contributed by atoms with E-state index in [1.807, 2.05) is 0 Å². The Hall–Kier alpha value is -1.43. The van der Waals surface area contributed by atoms with Gasteiger partial charge in [0.25, 0.3) is 0 Å². The largest absolute Gasteiger partial charge is 0.370 e. The molecule has 1 atom stereocenters. The van der Waals surface area contributed by atoms with Crippen LogP contribution < -0.4 is 16.4 Å². The van der Waals surface area contributed by atoms with Gasteiger partial charge in [0.15, 0.2) is 0 Å². The van der Waals surface area contributed by atoms with Crippen LogP contribution in [-0.2, 0) is 14.4 Å². The van der Waals surface area contributed by atoms with Crippen molar-refractivity contribution < 1.29 is 14.4 Å². The van der Waals surface area contributed by atoms with Crippen molar-refractivity contribution >= 4 is 17.7 Å². The maximum absolute atomic E-state index is 10.9. The molecule has 12 heavy (non-hydrogen) atoms. The van der Waals surface area contributed by atoms with Crippen LogP contribution in [0, 0.1) is 0 Å². The Balaban J connectivity index is 2.51. The zero-order chi connectivity index (χ0) is 9.14. The summed E-state index contributed by atoms with van der Waals surface area (Å²) < 4.78 is 0. The van der Waals surface area contributed by atoms with Crippen molar-refractivity contribution in [3.8, 4) is 0 Å². The Bertz CT molecular complexity index is 238. The van der Waals surface area contributed by atoms with Gasteiger partial charge >= 0.3 is 0 Å². The highest BCUT2D eigenvalue weighted by atomic mass is 16.2. The normalized spacial score (nSPS) is 23.5. The van der Waals surface area contributed by atoms with Crippen LogP contribution in [0.5, 0.6) is 0 Å². The van der Waals surface area contributed by atoms with Crippen LogP contribution in [0.15, 0.2) is 0 Å². The predicted octanol–water partition coefficient (Wildman–Crippen LogP) is -2.52. The molecule has 0 spiro atoms. The Kier molecular flexibility index (Phi) is 2.39. The van der Waals surface area contributed by atoms with Gasteiger partial charge in [0.2, 0.25) is 17.7 Å². The van der Waals surface area contributed by atoms with Crippen LogP contribution in [0.3, 0.4) is 0 Å². The number of nitrogens with two attached hydrogens (primary N) is 1. The first-order valence-corrected chi connectivity index (χ1v) is 3.45. The maximum Gasteiger partial charge on any atom is 0.244 e. The summed E-state index contributed by atoms with van der Waals surface area (Å²) in [5.41, 5.74) is 4.88. The topological polar surface area (TPSA) is 101 Å². The fourth-order valence-corrected chi connectivity index (χ4v) is 0.943. The quantitative estimate of drug-likeness (QED) is 0.399. The number of nitrogens with one attached hydrogen (secondary N) is 2. The maximum atomic E-state index is 10.9. The fourth-order valence-electron chi connectivity index (χ4n) is 0.943. The third-order valence-electron chi connectivity index (χ3n) is 1.49. The molecule has 3 amide bonds. The molecule has 0 bridgehead atoms. The molecule has 0 aromatic carbocycles. The molecule has 1 unspecified atom stereocenters. The molecule has 1 fully saturated rings. The molecule has 0 aromatic rings. The molecule has 4 N–H and O–H groups in total. The van der Waals surface area contributed by atoms with E-state index in [0.29, 0.717) is 0 Å².